The number of rotatable bonds is 5. The lowest BCUT2D eigenvalue weighted by Gasteiger charge is -2.40. The number of hydrogen-bond donors (Lipinski definition) is 2. The summed E-state index contributed by atoms with van der Waals surface area (Å²) < 4.78 is 0. The normalized spacial score (nSPS) is 14.5. The lowest BCUT2D eigenvalue weighted by Crippen LogP contribution is -2.45. The third kappa shape index (κ3) is 3.76. The van der Waals surface area contributed by atoms with Crippen LogP contribution in [-0.4, -0.2) is 16.8 Å². The fourth-order valence-electron chi connectivity index (χ4n) is 3.72. The van der Waals surface area contributed by atoms with Crippen molar-refractivity contribution in [3.05, 3.63) is 89.7 Å². The maximum Gasteiger partial charge on any atom is 0.255 e. The van der Waals surface area contributed by atoms with E-state index in [1.807, 2.05) is 55.5 Å². The zero-order valence-corrected chi connectivity index (χ0v) is 16.3. The Balaban J connectivity index is 1.53. The van der Waals surface area contributed by atoms with Gasteiger partial charge in [-0.3, -0.25) is 14.6 Å². The summed E-state index contributed by atoms with van der Waals surface area (Å²) in [5.74, 6) is -0.205. The van der Waals surface area contributed by atoms with Crippen LogP contribution in [0.3, 0.4) is 0 Å². The number of nitrogens with zero attached hydrogens (tertiary/aromatic N) is 1. The van der Waals surface area contributed by atoms with Gasteiger partial charge in [0.1, 0.15) is 0 Å². The lowest BCUT2D eigenvalue weighted by molar-refractivity contribution is -0.124. The van der Waals surface area contributed by atoms with Gasteiger partial charge in [0.05, 0.1) is 5.41 Å². The van der Waals surface area contributed by atoms with Crippen molar-refractivity contribution in [2.75, 3.05) is 10.6 Å². The van der Waals surface area contributed by atoms with Gasteiger partial charge >= 0.3 is 0 Å². The van der Waals surface area contributed by atoms with Crippen LogP contribution in [0.1, 0.15) is 40.7 Å². The van der Waals surface area contributed by atoms with E-state index in [1.54, 1.807) is 24.5 Å². The first-order chi connectivity index (χ1) is 14.1. The van der Waals surface area contributed by atoms with Gasteiger partial charge in [-0.05, 0) is 55.2 Å². The molecule has 2 N–H and O–H groups in total. The summed E-state index contributed by atoms with van der Waals surface area (Å²) in [7, 11) is 0. The first kappa shape index (κ1) is 18.9. The van der Waals surface area contributed by atoms with Gasteiger partial charge in [0.25, 0.3) is 5.91 Å². The number of benzene rings is 2. The Labute approximate surface area is 170 Å². The second kappa shape index (κ2) is 7.87. The van der Waals surface area contributed by atoms with Crippen LogP contribution in [0, 0.1) is 6.92 Å². The molecule has 2 aromatic carbocycles. The van der Waals surface area contributed by atoms with Crippen molar-refractivity contribution >= 4 is 23.2 Å². The molecule has 1 saturated carbocycles. The van der Waals surface area contributed by atoms with Crippen molar-refractivity contribution in [1.29, 1.82) is 0 Å². The molecule has 5 heteroatoms. The topological polar surface area (TPSA) is 71.1 Å². The number of nitrogens with one attached hydrogen (secondary N) is 2. The molecule has 0 atom stereocenters. The molecule has 29 heavy (non-hydrogen) atoms. The van der Waals surface area contributed by atoms with E-state index in [-0.39, 0.29) is 11.8 Å². The van der Waals surface area contributed by atoms with Crippen molar-refractivity contribution in [1.82, 2.24) is 4.98 Å². The number of anilines is 2. The van der Waals surface area contributed by atoms with Crippen molar-refractivity contribution in [3.8, 4) is 0 Å². The zero-order valence-electron chi connectivity index (χ0n) is 16.3. The smallest absolute Gasteiger partial charge is 0.255 e. The molecule has 4 rings (SSSR count). The molecule has 0 spiro atoms. The first-order valence-corrected chi connectivity index (χ1v) is 9.77. The van der Waals surface area contributed by atoms with Crippen LogP contribution in [-0.2, 0) is 10.2 Å². The van der Waals surface area contributed by atoms with Gasteiger partial charge in [0, 0.05) is 29.3 Å². The SMILES string of the molecule is Cc1ccc(NC(=O)C2(c3ccccc3)CCC2)cc1NC(=O)c1ccncc1. The second-order valence-corrected chi connectivity index (χ2v) is 7.48. The van der Waals surface area contributed by atoms with Crippen LogP contribution < -0.4 is 10.6 Å². The van der Waals surface area contributed by atoms with Crippen molar-refractivity contribution in [2.45, 2.75) is 31.6 Å². The van der Waals surface area contributed by atoms with Crippen LogP contribution in [0.2, 0.25) is 0 Å². The predicted molar refractivity (Wildman–Crippen MR) is 114 cm³/mol. The van der Waals surface area contributed by atoms with E-state index in [0.717, 1.165) is 30.4 Å². The van der Waals surface area contributed by atoms with Gasteiger partial charge in [-0.25, -0.2) is 0 Å². The average molecular weight is 385 g/mol. The molecule has 0 aliphatic heterocycles. The number of hydrogen-bond acceptors (Lipinski definition) is 3. The Kier molecular flexibility index (Phi) is 5.12. The summed E-state index contributed by atoms with van der Waals surface area (Å²) in [6.07, 6.45) is 5.91. The molecule has 0 bridgehead atoms. The highest BCUT2D eigenvalue weighted by Crippen LogP contribution is 2.44. The maximum absolute atomic E-state index is 13.2. The highest BCUT2D eigenvalue weighted by atomic mass is 16.2. The number of aryl methyl sites for hydroxylation is 1. The zero-order chi connectivity index (χ0) is 20.3. The third-order valence-corrected chi connectivity index (χ3v) is 5.65. The van der Waals surface area contributed by atoms with Crippen LogP contribution in [0.15, 0.2) is 73.1 Å². The summed E-state index contributed by atoms with van der Waals surface area (Å²) in [6.45, 7) is 1.92. The average Bonchev–Trinajstić information content (AvgIpc) is 2.71. The Hall–Kier alpha value is -3.47. The standard InChI is InChI=1S/C24H23N3O2/c1-17-8-9-20(16-21(17)27-22(28)18-10-14-25-15-11-18)26-23(29)24(12-5-13-24)19-6-3-2-4-7-19/h2-4,6-11,14-16H,5,12-13H2,1H3,(H,26,29)(H,27,28). The third-order valence-electron chi connectivity index (χ3n) is 5.65. The molecular weight excluding hydrogens is 362 g/mol. The van der Waals surface area contributed by atoms with Crippen LogP contribution in [0.5, 0.6) is 0 Å². The maximum atomic E-state index is 13.2. The van der Waals surface area contributed by atoms with Gasteiger partial charge in [-0.15, -0.1) is 0 Å². The van der Waals surface area contributed by atoms with Gasteiger partial charge < -0.3 is 10.6 Å². The lowest BCUT2D eigenvalue weighted by atomic mass is 9.64. The van der Waals surface area contributed by atoms with Crippen LogP contribution >= 0.6 is 0 Å². The van der Waals surface area contributed by atoms with E-state index in [9.17, 15) is 9.59 Å². The molecule has 1 aromatic heterocycles. The van der Waals surface area contributed by atoms with E-state index in [2.05, 4.69) is 15.6 Å². The molecular formula is C24H23N3O2. The van der Waals surface area contributed by atoms with Crippen LogP contribution in [0.4, 0.5) is 11.4 Å². The Bertz CT molecular complexity index is 1030. The molecule has 1 aliphatic rings. The summed E-state index contributed by atoms with van der Waals surface area (Å²) >= 11 is 0. The molecule has 3 aromatic rings. The second-order valence-electron chi connectivity index (χ2n) is 7.48. The molecule has 0 radical (unpaired) electrons. The molecule has 146 valence electrons. The summed E-state index contributed by atoms with van der Waals surface area (Å²) in [5, 5.41) is 5.98. The summed E-state index contributed by atoms with van der Waals surface area (Å²) in [6, 6.07) is 18.9. The van der Waals surface area contributed by atoms with Gasteiger partial charge in [0.2, 0.25) is 5.91 Å². The summed E-state index contributed by atoms with van der Waals surface area (Å²) in [5.41, 5.74) is 3.40. The van der Waals surface area contributed by atoms with Crippen molar-refractivity contribution in [2.24, 2.45) is 0 Å². The highest BCUT2D eigenvalue weighted by Gasteiger charge is 2.45. The van der Waals surface area contributed by atoms with E-state index < -0.39 is 5.41 Å². The van der Waals surface area contributed by atoms with Crippen LogP contribution in [0.25, 0.3) is 0 Å². The number of amides is 2. The van der Waals surface area contributed by atoms with E-state index in [0.29, 0.717) is 16.9 Å². The molecule has 2 amide bonds. The number of aromatic nitrogens is 1. The largest absolute Gasteiger partial charge is 0.325 e. The Morgan fingerprint density at radius 2 is 1.66 bits per heavy atom. The van der Waals surface area contributed by atoms with E-state index >= 15 is 0 Å². The van der Waals surface area contributed by atoms with Crippen molar-refractivity contribution in [3.63, 3.8) is 0 Å². The fraction of sp³-hybridized carbons (Fsp3) is 0.208. The minimum atomic E-state index is -0.466. The number of pyridine rings is 1. The molecule has 0 unspecified atom stereocenters. The minimum absolute atomic E-state index is 0.00483. The van der Waals surface area contributed by atoms with E-state index in [4.69, 9.17) is 0 Å². The molecule has 1 fully saturated rings. The van der Waals surface area contributed by atoms with Crippen molar-refractivity contribution < 1.29 is 9.59 Å². The Morgan fingerprint density at radius 3 is 2.31 bits per heavy atom. The number of carbonyl (C=O) groups is 2. The summed E-state index contributed by atoms with van der Waals surface area (Å²) in [4.78, 5) is 29.6. The molecule has 5 nitrogen and oxygen atoms in total. The number of carbonyl (C=O) groups excluding carboxylic acids is 2. The fourth-order valence-corrected chi connectivity index (χ4v) is 3.72. The van der Waals surface area contributed by atoms with Gasteiger partial charge in [0.15, 0.2) is 0 Å². The first-order valence-electron chi connectivity index (χ1n) is 9.77. The molecule has 1 aliphatic carbocycles. The predicted octanol–water partition coefficient (Wildman–Crippen LogP) is 4.70. The molecule has 1 heterocycles. The Morgan fingerprint density at radius 1 is 0.931 bits per heavy atom. The quantitative estimate of drug-likeness (QED) is 0.669. The molecule has 0 saturated heterocycles. The monoisotopic (exact) mass is 385 g/mol. The highest BCUT2D eigenvalue weighted by molar-refractivity contribution is 6.05. The van der Waals surface area contributed by atoms with E-state index in [1.165, 1.54) is 0 Å². The van der Waals surface area contributed by atoms with Gasteiger partial charge in [-0.2, -0.15) is 0 Å². The van der Waals surface area contributed by atoms with Gasteiger partial charge in [-0.1, -0.05) is 42.8 Å². The minimum Gasteiger partial charge on any atom is -0.325 e.